The van der Waals surface area contributed by atoms with Crippen molar-refractivity contribution in [2.24, 2.45) is 0 Å². The van der Waals surface area contributed by atoms with Crippen LogP contribution < -0.4 is 14.9 Å². The van der Waals surface area contributed by atoms with Gasteiger partial charge in [0.15, 0.2) is 10.8 Å². The fourth-order valence-corrected chi connectivity index (χ4v) is 3.75. The van der Waals surface area contributed by atoms with Crippen molar-refractivity contribution < 1.29 is 8.42 Å². The summed E-state index contributed by atoms with van der Waals surface area (Å²) in [5.41, 5.74) is 1.04. The van der Waals surface area contributed by atoms with Crippen molar-refractivity contribution in [2.75, 3.05) is 36.4 Å². The summed E-state index contributed by atoms with van der Waals surface area (Å²) < 4.78 is 28.8. The predicted molar refractivity (Wildman–Crippen MR) is 99.8 cm³/mol. The fraction of sp³-hybridized carbons (Fsp3) is 0.562. The van der Waals surface area contributed by atoms with Crippen molar-refractivity contribution in [3.05, 3.63) is 24.8 Å². The van der Waals surface area contributed by atoms with Crippen LogP contribution >= 0.6 is 0 Å². The molecule has 26 heavy (non-hydrogen) atoms. The largest absolute Gasteiger partial charge is 0.370 e. The van der Waals surface area contributed by atoms with Crippen LogP contribution in [0, 0.1) is 0 Å². The van der Waals surface area contributed by atoms with Gasteiger partial charge in [0.1, 0.15) is 0 Å². The monoisotopic (exact) mass is 379 g/mol. The topological polar surface area (TPSA) is 105 Å². The maximum atomic E-state index is 12.3. The summed E-state index contributed by atoms with van der Waals surface area (Å²) in [4.78, 5) is 6.24. The molecule has 142 valence electrons. The van der Waals surface area contributed by atoms with E-state index in [4.69, 9.17) is 0 Å². The van der Waals surface area contributed by atoms with Gasteiger partial charge in [-0.3, -0.25) is 0 Å². The normalized spacial score (nSPS) is 15.0. The van der Waals surface area contributed by atoms with Crippen LogP contribution in [0.4, 0.5) is 11.5 Å². The molecule has 2 N–H and O–H groups in total. The van der Waals surface area contributed by atoms with E-state index in [0.29, 0.717) is 12.4 Å². The van der Waals surface area contributed by atoms with E-state index in [1.165, 1.54) is 25.4 Å². The maximum absolute atomic E-state index is 12.3. The van der Waals surface area contributed by atoms with Crippen LogP contribution in [0.3, 0.4) is 0 Å². The molecule has 0 unspecified atom stereocenters. The third kappa shape index (κ3) is 4.50. The van der Waals surface area contributed by atoms with E-state index >= 15 is 0 Å². The molecule has 1 aliphatic rings. The first-order chi connectivity index (χ1) is 12.5. The molecule has 3 rings (SSSR count). The number of sulfonamides is 1. The highest BCUT2D eigenvalue weighted by Gasteiger charge is 2.17. The van der Waals surface area contributed by atoms with E-state index in [0.717, 1.165) is 18.8 Å². The molecule has 0 atom stereocenters. The van der Waals surface area contributed by atoms with Gasteiger partial charge in [-0.15, -0.1) is 5.10 Å². The van der Waals surface area contributed by atoms with Crippen LogP contribution in [0.2, 0.25) is 0 Å². The van der Waals surface area contributed by atoms with E-state index in [-0.39, 0.29) is 17.6 Å². The fourth-order valence-electron chi connectivity index (χ4n) is 2.78. The number of nitrogens with zero attached hydrogens (tertiary/aromatic N) is 5. The van der Waals surface area contributed by atoms with Crippen molar-refractivity contribution in [3.8, 4) is 0 Å². The number of imidazole rings is 1. The molecular weight excluding hydrogens is 354 g/mol. The van der Waals surface area contributed by atoms with Crippen LogP contribution in [0.5, 0.6) is 0 Å². The number of hydrogen-bond donors (Lipinski definition) is 2. The Labute approximate surface area is 153 Å². The Morgan fingerprint density at radius 3 is 2.69 bits per heavy atom. The second-order valence-corrected chi connectivity index (χ2v) is 8.28. The minimum atomic E-state index is -3.61. The van der Waals surface area contributed by atoms with Gasteiger partial charge < -0.3 is 14.8 Å². The molecule has 3 heterocycles. The number of hydrogen-bond acceptors (Lipinski definition) is 7. The Kier molecular flexibility index (Phi) is 5.72. The summed E-state index contributed by atoms with van der Waals surface area (Å²) >= 11 is 0. The molecule has 2 aromatic rings. The zero-order valence-electron chi connectivity index (χ0n) is 15.1. The van der Waals surface area contributed by atoms with Gasteiger partial charge in [0.25, 0.3) is 10.0 Å². The molecular formula is C16H25N7O2S. The van der Waals surface area contributed by atoms with Gasteiger partial charge in [-0.25, -0.2) is 18.1 Å². The van der Waals surface area contributed by atoms with Crippen molar-refractivity contribution in [3.63, 3.8) is 0 Å². The number of rotatable bonds is 8. The Balaban J connectivity index is 1.51. The van der Waals surface area contributed by atoms with Gasteiger partial charge in [-0.1, -0.05) is 0 Å². The molecule has 0 aromatic carbocycles. The molecule has 10 heteroatoms. The standard InChI is InChI=1S/C16H25N7O2S/c1-13(2)23-11-16(18-12-23)26(24,25)20-6-5-17-15-9-14(10-19-21-15)22-7-3-4-8-22/h9-13,20H,3-8H2,1-2H3,(H,17,21). The van der Waals surface area contributed by atoms with Crippen LogP contribution in [0.25, 0.3) is 0 Å². The smallest absolute Gasteiger partial charge is 0.259 e. The highest BCUT2D eigenvalue weighted by molar-refractivity contribution is 7.89. The Bertz CT molecular complexity index is 829. The van der Waals surface area contributed by atoms with E-state index in [2.05, 4.69) is 30.1 Å². The minimum absolute atomic E-state index is 0.0297. The summed E-state index contributed by atoms with van der Waals surface area (Å²) in [7, 11) is -3.61. The Morgan fingerprint density at radius 1 is 1.23 bits per heavy atom. The van der Waals surface area contributed by atoms with Gasteiger partial charge in [0, 0.05) is 44.5 Å². The molecule has 1 fully saturated rings. The average molecular weight is 379 g/mol. The molecule has 0 radical (unpaired) electrons. The predicted octanol–water partition coefficient (Wildman–Crippen LogP) is 1.24. The van der Waals surface area contributed by atoms with Crippen molar-refractivity contribution in [1.29, 1.82) is 0 Å². The summed E-state index contributed by atoms with van der Waals surface area (Å²) in [5.74, 6) is 0.637. The second kappa shape index (κ2) is 8.00. The average Bonchev–Trinajstić information content (AvgIpc) is 3.30. The molecule has 2 aromatic heterocycles. The van der Waals surface area contributed by atoms with E-state index in [9.17, 15) is 8.42 Å². The molecule has 0 bridgehead atoms. The summed E-state index contributed by atoms with van der Waals surface area (Å²) in [6.45, 7) is 6.64. The van der Waals surface area contributed by atoms with Gasteiger partial charge in [-0.05, 0) is 26.7 Å². The summed E-state index contributed by atoms with van der Waals surface area (Å²) in [5, 5.41) is 11.2. The number of nitrogens with one attached hydrogen (secondary N) is 2. The first-order valence-corrected chi connectivity index (χ1v) is 10.3. The maximum Gasteiger partial charge on any atom is 0.259 e. The van der Waals surface area contributed by atoms with Crippen LogP contribution in [0.15, 0.2) is 29.8 Å². The van der Waals surface area contributed by atoms with Gasteiger partial charge in [-0.2, -0.15) is 5.10 Å². The lowest BCUT2D eigenvalue weighted by Gasteiger charge is -2.17. The first kappa shape index (κ1) is 18.6. The highest BCUT2D eigenvalue weighted by atomic mass is 32.2. The van der Waals surface area contributed by atoms with Gasteiger partial charge in [0.2, 0.25) is 0 Å². The third-order valence-corrected chi connectivity index (χ3v) is 5.63. The molecule has 0 saturated carbocycles. The lowest BCUT2D eigenvalue weighted by Crippen LogP contribution is -2.29. The summed E-state index contributed by atoms with van der Waals surface area (Å²) in [6.07, 6.45) is 7.20. The quantitative estimate of drug-likeness (QED) is 0.665. The minimum Gasteiger partial charge on any atom is -0.370 e. The van der Waals surface area contributed by atoms with Crippen molar-refractivity contribution in [1.82, 2.24) is 24.5 Å². The van der Waals surface area contributed by atoms with E-state index in [1.54, 1.807) is 10.8 Å². The van der Waals surface area contributed by atoms with Crippen molar-refractivity contribution in [2.45, 2.75) is 37.8 Å². The lowest BCUT2D eigenvalue weighted by molar-refractivity contribution is 0.577. The Morgan fingerprint density at radius 2 is 2.00 bits per heavy atom. The number of aromatic nitrogens is 4. The first-order valence-electron chi connectivity index (χ1n) is 8.80. The zero-order valence-corrected chi connectivity index (χ0v) is 15.9. The van der Waals surface area contributed by atoms with Crippen LogP contribution in [0.1, 0.15) is 32.7 Å². The molecule has 1 saturated heterocycles. The lowest BCUT2D eigenvalue weighted by atomic mass is 10.4. The molecule has 0 aliphatic carbocycles. The Hall–Kier alpha value is -2.20. The zero-order chi connectivity index (χ0) is 18.6. The van der Waals surface area contributed by atoms with Crippen LogP contribution in [-0.2, 0) is 10.0 Å². The molecule has 1 aliphatic heterocycles. The third-order valence-electron chi connectivity index (χ3n) is 4.28. The number of anilines is 2. The summed E-state index contributed by atoms with van der Waals surface area (Å²) in [6, 6.07) is 2.10. The molecule has 0 amide bonds. The van der Waals surface area contributed by atoms with Gasteiger partial charge in [0.05, 0.1) is 18.2 Å². The van der Waals surface area contributed by atoms with Crippen LogP contribution in [-0.4, -0.2) is 54.3 Å². The second-order valence-electron chi connectivity index (χ2n) is 6.57. The van der Waals surface area contributed by atoms with Crippen molar-refractivity contribution >= 4 is 21.5 Å². The molecule has 9 nitrogen and oxygen atoms in total. The highest BCUT2D eigenvalue weighted by Crippen LogP contribution is 2.20. The SMILES string of the molecule is CC(C)n1cnc(S(=O)(=O)NCCNc2cc(N3CCCC3)cnn2)c1. The van der Waals surface area contributed by atoms with E-state index in [1.807, 2.05) is 19.9 Å². The molecule has 0 spiro atoms. The van der Waals surface area contributed by atoms with E-state index < -0.39 is 10.0 Å². The van der Waals surface area contributed by atoms with Gasteiger partial charge >= 0.3 is 0 Å².